The molecule has 0 aliphatic rings. The number of carbonyl (C=O) groups excluding carboxylic acids is 1. The van der Waals surface area contributed by atoms with Crippen molar-refractivity contribution < 1.29 is 22.7 Å². The van der Waals surface area contributed by atoms with E-state index in [2.05, 4.69) is 15.0 Å². The fraction of sp³-hybridized carbons (Fsp3) is 0.100. The minimum absolute atomic E-state index is 0.0365. The van der Waals surface area contributed by atoms with Gasteiger partial charge in [0.15, 0.2) is 0 Å². The van der Waals surface area contributed by atoms with Crippen LogP contribution in [0.1, 0.15) is 16.1 Å². The van der Waals surface area contributed by atoms with E-state index < -0.39 is 18.0 Å². The number of amides is 1. The summed E-state index contributed by atoms with van der Waals surface area (Å²) in [5.74, 6) is -0.912. The molecule has 0 fully saturated rings. The number of alkyl halides is 3. The number of ether oxygens (including phenoxy) is 1. The first-order valence-electron chi connectivity index (χ1n) is 8.27. The second-order valence-electron chi connectivity index (χ2n) is 5.87. The number of para-hydroxylation sites is 1. The number of pyridine rings is 1. The summed E-state index contributed by atoms with van der Waals surface area (Å²) < 4.78 is 42.0. The summed E-state index contributed by atoms with van der Waals surface area (Å²) in [6.45, 7) is 0.133. The zero-order chi connectivity index (χ0) is 21.0. The molecule has 1 heterocycles. The maximum Gasteiger partial charge on any atom is 0.573 e. The normalized spacial score (nSPS) is 11.2. The molecule has 0 radical (unpaired) electrons. The van der Waals surface area contributed by atoms with Gasteiger partial charge in [-0.3, -0.25) is 4.79 Å². The van der Waals surface area contributed by atoms with Crippen LogP contribution in [0.15, 0.2) is 60.7 Å². The molecule has 0 atom stereocenters. The maximum atomic E-state index is 12.6. The summed E-state index contributed by atoms with van der Waals surface area (Å²) in [4.78, 5) is 16.6. The summed E-state index contributed by atoms with van der Waals surface area (Å²) in [7, 11) is 0. The molecule has 0 aliphatic carbocycles. The molecule has 0 spiro atoms. The first-order valence-corrected chi connectivity index (χ1v) is 9.03. The minimum Gasteiger partial charge on any atom is -0.405 e. The van der Waals surface area contributed by atoms with Gasteiger partial charge in [0.2, 0.25) is 0 Å². The summed E-state index contributed by atoms with van der Waals surface area (Å²) in [6.07, 6.45) is -4.84. The Hall–Kier alpha value is -2.77. The van der Waals surface area contributed by atoms with Gasteiger partial charge in [0.25, 0.3) is 5.91 Å². The van der Waals surface area contributed by atoms with Crippen LogP contribution in [0, 0.1) is 0 Å². The molecule has 2 aromatic carbocycles. The minimum atomic E-state index is -4.84. The van der Waals surface area contributed by atoms with E-state index in [1.807, 2.05) is 0 Å². The van der Waals surface area contributed by atoms with Crippen molar-refractivity contribution in [3.63, 3.8) is 0 Å². The number of nitrogens with one attached hydrogen (secondary N) is 1. The number of hydrogen-bond acceptors (Lipinski definition) is 3. The highest BCUT2D eigenvalue weighted by Gasteiger charge is 2.32. The van der Waals surface area contributed by atoms with Gasteiger partial charge in [-0.05, 0) is 42.0 Å². The van der Waals surface area contributed by atoms with Gasteiger partial charge in [0.1, 0.15) is 11.4 Å². The van der Waals surface area contributed by atoms with Crippen molar-refractivity contribution in [1.29, 1.82) is 0 Å². The van der Waals surface area contributed by atoms with Crippen molar-refractivity contribution in [2.24, 2.45) is 0 Å². The van der Waals surface area contributed by atoms with Crippen molar-refractivity contribution in [3.8, 4) is 17.0 Å². The van der Waals surface area contributed by atoms with Crippen LogP contribution in [0.25, 0.3) is 11.3 Å². The SMILES string of the molecule is O=C(NCc1ccc(Cl)cc1Cl)c1cccc(-c2ccccc2OC(F)(F)F)n1. The van der Waals surface area contributed by atoms with Gasteiger partial charge in [-0.25, -0.2) is 4.98 Å². The third-order valence-corrected chi connectivity index (χ3v) is 4.41. The smallest absolute Gasteiger partial charge is 0.405 e. The first kappa shape index (κ1) is 21.0. The van der Waals surface area contributed by atoms with Crippen molar-refractivity contribution >= 4 is 29.1 Å². The molecule has 1 N–H and O–H groups in total. The molecule has 1 amide bonds. The van der Waals surface area contributed by atoms with E-state index in [1.54, 1.807) is 24.3 Å². The second kappa shape index (κ2) is 8.71. The highest BCUT2D eigenvalue weighted by atomic mass is 35.5. The molecule has 29 heavy (non-hydrogen) atoms. The average Bonchev–Trinajstić information content (AvgIpc) is 2.66. The largest absolute Gasteiger partial charge is 0.573 e. The Labute approximate surface area is 174 Å². The van der Waals surface area contributed by atoms with Crippen LogP contribution < -0.4 is 10.1 Å². The molecule has 3 rings (SSSR count). The molecule has 0 bridgehead atoms. The molecule has 0 aliphatic heterocycles. The Balaban J connectivity index is 1.80. The standard InChI is InChI=1S/C20H13Cl2F3N2O2/c21-13-9-8-12(15(22)10-13)11-26-19(28)17-6-3-5-16(27-17)14-4-1-2-7-18(14)29-20(23,24)25/h1-10H,11H2,(H,26,28). The number of hydrogen-bond donors (Lipinski definition) is 1. The average molecular weight is 441 g/mol. The van der Waals surface area contributed by atoms with Gasteiger partial charge in [0.05, 0.1) is 5.69 Å². The van der Waals surface area contributed by atoms with E-state index in [0.717, 1.165) is 0 Å². The van der Waals surface area contributed by atoms with E-state index in [1.165, 1.54) is 36.4 Å². The number of rotatable bonds is 5. The van der Waals surface area contributed by atoms with Crippen molar-refractivity contribution in [2.75, 3.05) is 0 Å². The lowest BCUT2D eigenvalue weighted by molar-refractivity contribution is -0.274. The summed E-state index contributed by atoms with van der Waals surface area (Å²) in [5.41, 5.74) is 0.973. The number of halogens is 5. The second-order valence-corrected chi connectivity index (χ2v) is 6.71. The van der Waals surface area contributed by atoms with Crippen molar-refractivity contribution in [1.82, 2.24) is 10.3 Å². The van der Waals surface area contributed by atoms with E-state index in [-0.39, 0.29) is 23.5 Å². The summed E-state index contributed by atoms with van der Waals surface area (Å²) >= 11 is 11.9. The Bertz CT molecular complexity index is 1040. The predicted octanol–water partition coefficient (Wildman–Crippen LogP) is 5.88. The number of benzene rings is 2. The Morgan fingerprint density at radius 1 is 1.03 bits per heavy atom. The molecule has 0 saturated heterocycles. The Morgan fingerprint density at radius 2 is 1.79 bits per heavy atom. The third-order valence-electron chi connectivity index (χ3n) is 3.82. The van der Waals surface area contributed by atoms with Crippen molar-refractivity contribution in [3.05, 3.63) is 82.0 Å². The monoisotopic (exact) mass is 440 g/mol. The maximum absolute atomic E-state index is 12.6. The summed E-state index contributed by atoms with van der Waals surface area (Å²) in [6, 6.07) is 14.9. The topological polar surface area (TPSA) is 51.2 Å². The van der Waals surface area contributed by atoms with Crippen molar-refractivity contribution in [2.45, 2.75) is 12.9 Å². The molecular weight excluding hydrogens is 428 g/mol. The highest BCUT2D eigenvalue weighted by Crippen LogP contribution is 2.32. The van der Waals surface area contributed by atoms with Crippen LogP contribution >= 0.6 is 23.2 Å². The van der Waals surface area contributed by atoms with E-state index >= 15 is 0 Å². The van der Waals surface area contributed by atoms with Gasteiger partial charge in [-0.1, -0.05) is 47.5 Å². The Kier molecular flexibility index (Phi) is 6.30. The zero-order valence-electron chi connectivity index (χ0n) is 14.6. The molecule has 150 valence electrons. The molecule has 0 unspecified atom stereocenters. The van der Waals surface area contributed by atoms with Crippen LogP contribution in [0.3, 0.4) is 0 Å². The van der Waals surface area contributed by atoms with Crippen LogP contribution in [0.5, 0.6) is 5.75 Å². The van der Waals surface area contributed by atoms with E-state index in [9.17, 15) is 18.0 Å². The quantitative estimate of drug-likeness (QED) is 0.538. The van der Waals surface area contributed by atoms with Gasteiger partial charge in [-0.2, -0.15) is 0 Å². The number of nitrogens with zero attached hydrogens (tertiary/aromatic N) is 1. The van der Waals surface area contributed by atoms with Crippen LogP contribution in [-0.4, -0.2) is 17.3 Å². The van der Waals surface area contributed by atoms with Crippen LogP contribution in [0.4, 0.5) is 13.2 Å². The van der Waals surface area contributed by atoms with Crippen LogP contribution in [0.2, 0.25) is 10.0 Å². The molecule has 9 heteroatoms. The third kappa shape index (κ3) is 5.62. The van der Waals surface area contributed by atoms with E-state index in [4.69, 9.17) is 23.2 Å². The molecule has 3 aromatic rings. The lowest BCUT2D eigenvalue weighted by Crippen LogP contribution is -2.24. The predicted molar refractivity (Wildman–Crippen MR) is 104 cm³/mol. The fourth-order valence-electron chi connectivity index (χ4n) is 2.53. The van der Waals surface area contributed by atoms with Gasteiger partial charge in [-0.15, -0.1) is 13.2 Å². The Morgan fingerprint density at radius 3 is 2.52 bits per heavy atom. The van der Waals surface area contributed by atoms with Gasteiger partial charge < -0.3 is 10.1 Å². The lowest BCUT2D eigenvalue weighted by Gasteiger charge is -2.13. The number of carbonyl (C=O) groups is 1. The highest BCUT2D eigenvalue weighted by molar-refractivity contribution is 6.35. The molecule has 0 saturated carbocycles. The van der Waals surface area contributed by atoms with Gasteiger partial charge >= 0.3 is 6.36 Å². The zero-order valence-corrected chi connectivity index (χ0v) is 16.1. The molecule has 1 aromatic heterocycles. The summed E-state index contributed by atoms with van der Waals surface area (Å²) in [5, 5.41) is 3.54. The fourth-order valence-corrected chi connectivity index (χ4v) is 3.01. The lowest BCUT2D eigenvalue weighted by atomic mass is 10.1. The molecular formula is C20H13Cl2F3N2O2. The molecule has 4 nitrogen and oxygen atoms in total. The van der Waals surface area contributed by atoms with Gasteiger partial charge in [0, 0.05) is 22.2 Å². The number of aromatic nitrogens is 1. The van der Waals surface area contributed by atoms with E-state index in [0.29, 0.717) is 15.6 Å². The first-order chi connectivity index (χ1) is 13.7. The van der Waals surface area contributed by atoms with Crippen LogP contribution in [-0.2, 0) is 6.54 Å².